The van der Waals surface area contributed by atoms with E-state index >= 15 is 0 Å². The van der Waals surface area contributed by atoms with Crippen LogP contribution in [0.3, 0.4) is 0 Å². The van der Waals surface area contributed by atoms with Crippen molar-refractivity contribution < 1.29 is 9.84 Å². The van der Waals surface area contributed by atoms with E-state index in [0.29, 0.717) is 12.6 Å². The lowest BCUT2D eigenvalue weighted by Gasteiger charge is -2.01. The van der Waals surface area contributed by atoms with E-state index in [1.165, 1.54) is 0 Å². The standard InChI is InChI=1S/C5H13NO.C3H6O.C2H7N/c1-3-6-4-5(2)7;1-3-2-4-3;1-2-3/h5-7H,3-4H2,1-2H3;3H,2H2,1H3;2-3H2,1H3. The molecule has 0 aromatic rings. The minimum Gasteiger partial charge on any atom is -0.392 e. The average Bonchev–Trinajstić information content (AvgIpc) is 2.86. The highest BCUT2D eigenvalue weighted by Gasteiger charge is 2.13. The Morgan fingerprint density at radius 2 is 1.93 bits per heavy atom. The molecule has 88 valence electrons. The zero-order chi connectivity index (χ0) is 11.4. The van der Waals surface area contributed by atoms with E-state index in [1.807, 2.05) is 13.8 Å². The van der Waals surface area contributed by atoms with Gasteiger partial charge in [-0.2, -0.15) is 0 Å². The number of ether oxygens (including phenoxy) is 1. The Morgan fingerprint density at radius 1 is 1.57 bits per heavy atom. The van der Waals surface area contributed by atoms with Gasteiger partial charge in [-0.15, -0.1) is 0 Å². The lowest BCUT2D eigenvalue weighted by Crippen LogP contribution is -2.23. The summed E-state index contributed by atoms with van der Waals surface area (Å²) in [7, 11) is 0. The summed E-state index contributed by atoms with van der Waals surface area (Å²) in [6.07, 6.45) is 0.375. The predicted molar refractivity (Wildman–Crippen MR) is 60.4 cm³/mol. The third-order valence-corrected chi connectivity index (χ3v) is 1.19. The summed E-state index contributed by atoms with van der Waals surface area (Å²) >= 11 is 0. The fraction of sp³-hybridized carbons (Fsp3) is 1.00. The molecular formula is C10H26N2O2. The van der Waals surface area contributed by atoms with Crippen molar-refractivity contribution in [3.8, 4) is 0 Å². The second-order valence-electron chi connectivity index (χ2n) is 3.21. The van der Waals surface area contributed by atoms with Crippen molar-refractivity contribution >= 4 is 0 Å². The van der Waals surface area contributed by atoms with Gasteiger partial charge in [0.2, 0.25) is 0 Å². The highest BCUT2D eigenvalue weighted by Crippen LogP contribution is 2.04. The van der Waals surface area contributed by atoms with Crippen LogP contribution in [-0.4, -0.2) is 43.6 Å². The normalized spacial score (nSPS) is 19.7. The van der Waals surface area contributed by atoms with Crippen LogP contribution in [0, 0.1) is 0 Å². The second-order valence-corrected chi connectivity index (χ2v) is 3.21. The van der Waals surface area contributed by atoms with Gasteiger partial charge in [0.1, 0.15) is 0 Å². The van der Waals surface area contributed by atoms with Crippen molar-refractivity contribution in [2.24, 2.45) is 5.73 Å². The van der Waals surface area contributed by atoms with Crippen LogP contribution in [0.25, 0.3) is 0 Å². The molecule has 0 saturated carbocycles. The number of likely N-dealkylation sites (N-methyl/N-ethyl adjacent to an activating group) is 1. The zero-order valence-corrected chi connectivity index (χ0v) is 9.92. The van der Waals surface area contributed by atoms with Crippen molar-refractivity contribution in [3.63, 3.8) is 0 Å². The molecule has 0 aromatic carbocycles. The summed E-state index contributed by atoms with van der Waals surface area (Å²) in [5.41, 5.74) is 4.85. The lowest BCUT2D eigenvalue weighted by atomic mass is 10.4. The van der Waals surface area contributed by atoms with E-state index in [4.69, 9.17) is 15.6 Å². The summed E-state index contributed by atoms with van der Waals surface area (Å²) in [6.45, 7) is 11.1. The first-order valence-electron chi connectivity index (χ1n) is 5.28. The molecule has 0 amide bonds. The van der Waals surface area contributed by atoms with Gasteiger partial charge in [0.25, 0.3) is 0 Å². The SMILES string of the molecule is CC1CO1.CCN.CCNCC(C)O. The van der Waals surface area contributed by atoms with Gasteiger partial charge >= 0.3 is 0 Å². The molecule has 2 unspecified atom stereocenters. The fourth-order valence-corrected chi connectivity index (χ4v) is 0.449. The molecule has 1 fully saturated rings. The van der Waals surface area contributed by atoms with Gasteiger partial charge in [-0.1, -0.05) is 13.8 Å². The number of aliphatic hydroxyl groups excluding tert-OH is 1. The highest BCUT2D eigenvalue weighted by molar-refractivity contribution is 4.58. The summed E-state index contributed by atoms with van der Waals surface area (Å²) < 4.78 is 4.71. The lowest BCUT2D eigenvalue weighted by molar-refractivity contribution is 0.192. The fourth-order valence-electron chi connectivity index (χ4n) is 0.449. The van der Waals surface area contributed by atoms with Crippen LogP contribution in [-0.2, 0) is 4.74 Å². The third kappa shape index (κ3) is 29.7. The quantitative estimate of drug-likeness (QED) is 0.583. The molecule has 1 heterocycles. The topological polar surface area (TPSA) is 70.8 Å². The Kier molecular flexibility index (Phi) is 14.9. The van der Waals surface area contributed by atoms with Crippen LogP contribution in [0.1, 0.15) is 27.7 Å². The maximum absolute atomic E-state index is 8.62. The van der Waals surface area contributed by atoms with Crippen molar-refractivity contribution in [2.45, 2.75) is 39.9 Å². The van der Waals surface area contributed by atoms with Crippen molar-refractivity contribution in [2.75, 3.05) is 26.2 Å². The summed E-state index contributed by atoms with van der Waals surface area (Å²) in [6, 6.07) is 0. The van der Waals surface area contributed by atoms with Crippen LogP contribution in [0.4, 0.5) is 0 Å². The Bertz CT molecular complexity index is 96.1. The molecule has 0 radical (unpaired) electrons. The van der Waals surface area contributed by atoms with Crippen molar-refractivity contribution in [1.29, 1.82) is 0 Å². The summed E-state index contributed by atoms with van der Waals surface area (Å²) in [4.78, 5) is 0. The molecule has 4 nitrogen and oxygen atoms in total. The molecule has 1 saturated heterocycles. The number of aliphatic hydroxyl groups is 1. The van der Waals surface area contributed by atoms with Gasteiger partial charge in [0, 0.05) is 6.54 Å². The first kappa shape index (κ1) is 16.3. The number of hydrogen-bond donors (Lipinski definition) is 3. The molecule has 1 rings (SSSR count). The molecular weight excluding hydrogens is 180 g/mol. The minimum atomic E-state index is -0.208. The van der Waals surface area contributed by atoms with Gasteiger partial charge in [0.15, 0.2) is 0 Å². The van der Waals surface area contributed by atoms with Crippen LogP contribution in [0.2, 0.25) is 0 Å². The van der Waals surface area contributed by atoms with E-state index < -0.39 is 0 Å². The minimum absolute atomic E-state index is 0.208. The largest absolute Gasteiger partial charge is 0.392 e. The molecule has 2 atom stereocenters. The van der Waals surface area contributed by atoms with E-state index in [-0.39, 0.29) is 6.10 Å². The van der Waals surface area contributed by atoms with Crippen LogP contribution in [0.5, 0.6) is 0 Å². The maximum Gasteiger partial charge on any atom is 0.0781 e. The summed E-state index contributed by atoms with van der Waals surface area (Å²) in [5.74, 6) is 0. The van der Waals surface area contributed by atoms with E-state index in [0.717, 1.165) is 19.7 Å². The molecule has 1 aliphatic rings. The van der Waals surface area contributed by atoms with Gasteiger partial charge < -0.3 is 20.9 Å². The van der Waals surface area contributed by atoms with Gasteiger partial charge in [-0.3, -0.25) is 0 Å². The smallest absolute Gasteiger partial charge is 0.0781 e. The number of nitrogens with two attached hydrogens (primary N) is 1. The highest BCUT2D eigenvalue weighted by atomic mass is 16.6. The van der Waals surface area contributed by atoms with Gasteiger partial charge in [0.05, 0.1) is 18.8 Å². The average molecular weight is 206 g/mol. The zero-order valence-electron chi connectivity index (χ0n) is 9.92. The van der Waals surface area contributed by atoms with Gasteiger partial charge in [-0.05, 0) is 26.9 Å². The number of epoxide rings is 1. The number of rotatable bonds is 3. The first-order chi connectivity index (χ1) is 6.58. The third-order valence-electron chi connectivity index (χ3n) is 1.19. The molecule has 0 spiro atoms. The monoisotopic (exact) mass is 206 g/mol. The molecule has 0 bridgehead atoms. The van der Waals surface area contributed by atoms with Crippen LogP contribution in [0.15, 0.2) is 0 Å². The maximum atomic E-state index is 8.62. The first-order valence-corrected chi connectivity index (χ1v) is 5.28. The Labute approximate surface area is 87.8 Å². The van der Waals surface area contributed by atoms with Crippen LogP contribution < -0.4 is 11.1 Å². The molecule has 1 aliphatic heterocycles. The van der Waals surface area contributed by atoms with Crippen molar-refractivity contribution in [3.05, 3.63) is 0 Å². The van der Waals surface area contributed by atoms with Crippen LogP contribution >= 0.6 is 0 Å². The Morgan fingerprint density at radius 3 is 2.00 bits per heavy atom. The predicted octanol–water partition coefficient (Wildman–Crippen LogP) is 0.347. The van der Waals surface area contributed by atoms with Crippen molar-refractivity contribution in [1.82, 2.24) is 5.32 Å². The molecule has 4 heteroatoms. The molecule has 0 aliphatic carbocycles. The summed E-state index contributed by atoms with van der Waals surface area (Å²) in [5, 5.41) is 11.6. The van der Waals surface area contributed by atoms with E-state index in [9.17, 15) is 0 Å². The molecule has 0 aromatic heterocycles. The number of hydrogen-bond acceptors (Lipinski definition) is 4. The van der Waals surface area contributed by atoms with E-state index in [2.05, 4.69) is 12.2 Å². The second kappa shape index (κ2) is 12.8. The molecule has 14 heavy (non-hydrogen) atoms. The Hall–Kier alpha value is -0.160. The number of nitrogens with one attached hydrogen (secondary N) is 1. The Balaban J connectivity index is 0. The van der Waals surface area contributed by atoms with E-state index in [1.54, 1.807) is 6.92 Å². The van der Waals surface area contributed by atoms with Gasteiger partial charge in [-0.25, -0.2) is 0 Å². The molecule has 4 N–H and O–H groups in total.